The topological polar surface area (TPSA) is 63.3 Å². The summed E-state index contributed by atoms with van der Waals surface area (Å²) >= 11 is 1.29. The maximum atomic E-state index is 13.6. The number of phenols is 1. The highest BCUT2D eigenvalue weighted by molar-refractivity contribution is 7.98. The third kappa shape index (κ3) is 3.26. The monoisotopic (exact) mass is 277 g/mol. The van der Waals surface area contributed by atoms with E-state index in [9.17, 15) is 14.3 Å². The van der Waals surface area contributed by atoms with Gasteiger partial charge in [0, 0.05) is 16.2 Å². The van der Waals surface area contributed by atoms with Crippen molar-refractivity contribution >= 4 is 17.7 Å². The van der Waals surface area contributed by atoms with E-state index >= 15 is 0 Å². The van der Waals surface area contributed by atoms with Crippen molar-refractivity contribution in [2.24, 2.45) is 5.73 Å². The van der Waals surface area contributed by atoms with E-state index in [0.717, 1.165) is 0 Å². The summed E-state index contributed by atoms with van der Waals surface area (Å²) < 4.78 is 13.6. The average Bonchev–Trinajstić information content (AvgIpc) is 2.39. The smallest absolute Gasteiger partial charge is 0.248 e. The van der Waals surface area contributed by atoms with Gasteiger partial charge in [0.05, 0.1) is 0 Å². The predicted octanol–water partition coefficient (Wildman–Crippen LogP) is 2.92. The molecule has 0 spiro atoms. The fraction of sp³-hybridized carbons (Fsp3) is 0.0714. The molecule has 3 nitrogen and oxygen atoms in total. The van der Waals surface area contributed by atoms with Gasteiger partial charge in [-0.15, -0.1) is 11.8 Å². The summed E-state index contributed by atoms with van der Waals surface area (Å²) in [5.41, 5.74) is 5.81. The van der Waals surface area contributed by atoms with E-state index in [1.165, 1.54) is 30.0 Å². The molecule has 5 heteroatoms. The second-order valence-corrected chi connectivity index (χ2v) is 4.94. The highest BCUT2D eigenvalue weighted by Crippen LogP contribution is 2.31. The minimum Gasteiger partial charge on any atom is -0.507 e. The molecule has 0 unspecified atom stereocenters. The molecule has 0 aliphatic carbocycles. The van der Waals surface area contributed by atoms with Gasteiger partial charge in [-0.05, 0) is 35.9 Å². The molecule has 0 aliphatic heterocycles. The predicted molar refractivity (Wildman–Crippen MR) is 72.6 cm³/mol. The molecule has 0 bridgehead atoms. The Morgan fingerprint density at radius 1 is 1.26 bits per heavy atom. The number of para-hydroxylation sites is 1. The number of primary amides is 1. The van der Waals surface area contributed by atoms with Crippen molar-refractivity contribution in [3.05, 3.63) is 59.4 Å². The lowest BCUT2D eigenvalue weighted by Crippen LogP contribution is -2.11. The van der Waals surface area contributed by atoms with Crippen molar-refractivity contribution in [2.75, 3.05) is 0 Å². The number of thioether (sulfide) groups is 1. The Morgan fingerprint density at radius 3 is 2.68 bits per heavy atom. The van der Waals surface area contributed by atoms with Gasteiger partial charge in [0.2, 0.25) is 5.91 Å². The molecule has 0 heterocycles. The van der Waals surface area contributed by atoms with Gasteiger partial charge in [-0.3, -0.25) is 4.79 Å². The van der Waals surface area contributed by atoms with E-state index < -0.39 is 11.7 Å². The molecule has 0 fully saturated rings. The molecule has 1 amide bonds. The molecule has 3 N–H and O–H groups in total. The Kier molecular flexibility index (Phi) is 4.06. The molecule has 0 radical (unpaired) electrons. The first-order valence-electron chi connectivity index (χ1n) is 5.57. The van der Waals surface area contributed by atoms with E-state index in [4.69, 9.17) is 5.73 Å². The van der Waals surface area contributed by atoms with Gasteiger partial charge in [0.15, 0.2) is 0 Å². The molecule has 2 aromatic rings. The summed E-state index contributed by atoms with van der Waals surface area (Å²) in [7, 11) is 0. The standard InChI is InChI=1S/C14H12FNO2S/c15-11-6-5-9(14(16)18)7-10(11)8-19-13-4-2-1-3-12(13)17/h1-7,17H,8H2,(H2,16,18). The van der Waals surface area contributed by atoms with Crippen LogP contribution in [0, 0.1) is 5.82 Å². The molecule has 0 saturated carbocycles. The summed E-state index contributed by atoms with van der Waals surface area (Å²) in [5, 5.41) is 9.61. The third-order valence-electron chi connectivity index (χ3n) is 2.58. The number of halogens is 1. The van der Waals surface area contributed by atoms with Gasteiger partial charge in [0.1, 0.15) is 11.6 Å². The normalized spacial score (nSPS) is 10.4. The molecule has 2 aromatic carbocycles. The maximum Gasteiger partial charge on any atom is 0.248 e. The van der Waals surface area contributed by atoms with Crippen molar-refractivity contribution < 1.29 is 14.3 Å². The fourth-order valence-electron chi connectivity index (χ4n) is 1.57. The number of carbonyl (C=O) groups excluding carboxylic acids is 1. The average molecular weight is 277 g/mol. The molecule has 0 saturated heterocycles. The molecule has 0 aliphatic rings. The summed E-state index contributed by atoms with van der Waals surface area (Å²) in [4.78, 5) is 11.7. The largest absolute Gasteiger partial charge is 0.507 e. The van der Waals surface area contributed by atoms with Crippen LogP contribution in [0.5, 0.6) is 5.75 Å². The van der Waals surface area contributed by atoms with Gasteiger partial charge in [0.25, 0.3) is 0 Å². The van der Waals surface area contributed by atoms with Crippen LogP contribution >= 0.6 is 11.8 Å². The van der Waals surface area contributed by atoms with Gasteiger partial charge < -0.3 is 10.8 Å². The van der Waals surface area contributed by atoms with E-state index in [-0.39, 0.29) is 11.3 Å². The number of nitrogens with two attached hydrogens (primary N) is 1. The van der Waals surface area contributed by atoms with Crippen molar-refractivity contribution in [1.29, 1.82) is 0 Å². The van der Waals surface area contributed by atoms with Gasteiger partial charge in [-0.2, -0.15) is 0 Å². The highest BCUT2D eigenvalue weighted by atomic mass is 32.2. The number of phenolic OH excluding ortho intramolecular Hbond substituents is 1. The Hall–Kier alpha value is -2.01. The van der Waals surface area contributed by atoms with E-state index in [1.807, 2.05) is 0 Å². The molecular formula is C14H12FNO2S. The van der Waals surface area contributed by atoms with Crippen molar-refractivity contribution in [3.63, 3.8) is 0 Å². The zero-order valence-electron chi connectivity index (χ0n) is 9.97. The highest BCUT2D eigenvalue weighted by Gasteiger charge is 2.08. The number of benzene rings is 2. The first kappa shape index (κ1) is 13.4. The minimum atomic E-state index is -0.589. The lowest BCUT2D eigenvalue weighted by Gasteiger charge is -2.06. The third-order valence-corrected chi connectivity index (χ3v) is 3.69. The molecule has 0 atom stereocenters. The molecule has 2 rings (SSSR count). The van der Waals surface area contributed by atoms with Crippen LogP contribution < -0.4 is 5.73 Å². The molecule has 98 valence electrons. The van der Waals surface area contributed by atoms with Crippen molar-refractivity contribution in [1.82, 2.24) is 0 Å². The number of hydrogen-bond acceptors (Lipinski definition) is 3. The lowest BCUT2D eigenvalue weighted by atomic mass is 10.1. The van der Waals surface area contributed by atoms with Crippen LogP contribution in [-0.2, 0) is 5.75 Å². The second kappa shape index (κ2) is 5.75. The number of rotatable bonds is 4. The number of hydrogen-bond donors (Lipinski definition) is 2. The van der Waals surface area contributed by atoms with Crippen molar-refractivity contribution in [2.45, 2.75) is 10.6 Å². The van der Waals surface area contributed by atoms with Crippen LogP contribution in [0.15, 0.2) is 47.4 Å². The Labute approximate surface area is 114 Å². The zero-order chi connectivity index (χ0) is 13.8. The quantitative estimate of drug-likeness (QED) is 0.845. The van der Waals surface area contributed by atoms with Crippen LogP contribution in [0.25, 0.3) is 0 Å². The SMILES string of the molecule is NC(=O)c1ccc(F)c(CSc2ccccc2O)c1. The summed E-state index contributed by atoms with van der Waals surface area (Å²) in [6, 6.07) is 10.8. The van der Waals surface area contributed by atoms with Gasteiger partial charge in [-0.25, -0.2) is 4.39 Å². The number of amides is 1. The van der Waals surface area contributed by atoms with E-state index in [1.54, 1.807) is 24.3 Å². The molecular weight excluding hydrogens is 265 g/mol. The zero-order valence-corrected chi connectivity index (χ0v) is 10.8. The Balaban J connectivity index is 2.17. The Morgan fingerprint density at radius 2 is 2.00 bits per heavy atom. The fourth-order valence-corrected chi connectivity index (χ4v) is 2.50. The molecule has 19 heavy (non-hydrogen) atoms. The summed E-state index contributed by atoms with van der Waals surface area (Å²) in [5.74, 6) is -0.523. The lowest BCUT2D eigenvalue weighted by molar-refractivity contribution is 0.1000. The van der Waals surface area contributed by atoms with Crippen LogP contribution in [0.4, 0.5) is 4.39 Å². The Bertz CT molecular complexity index is 616. The second-order valence-electron chi connectivity index (χ2n) is 3.93. The maximum absolute atomic E-state index is 13.6. The van der Waals surface area contributed by atoms with Crippen LogP contribution in [-0.4, -0.2) is 11.0 Å². The number of aromatic hydroxyl groups is 1. The first-order chi connectivity index (χ1) is 9.08. The summed E-state index contributed by atoms with van der Waals surface area (Å²) in [6.45, 7) is 0. The van der Waals surface area contributed by atoms with E-state index in [2.05, 4.69) is 0 Å². The molecule has 0 aromatic heterocycles. The number of carbonyl (C=O) groups is 1. The van der Waals surface area contributed by atoms with Crippen LogP contribution in [0.2, 0.25) is 0 Å². The van der Waals surface area contributed by atoms with Gasteiger partial charge in [-0.1, -0.05) is 12.1 Å². The van der Waals surface area contributed by atoms with Crippen molar-refractivity contribution in [3.8, 4) is 5.75 Å². The van der Waals surface area contributed by atoms with Crippen LogP contribution in [0.3, 0.4) is 0 Å². The first-order valence-corrected chi connectivity index (χ1v) is 6.55. The van der Waals surface area contributed by atoms with E-state index in [0.29, 0.717) is 16.2 Å². The van der Waals surface area contributed by atoms with Gasteiger partial charge >= 0.3 is 0 Å². The minimum absolute atomic E-state index is 0.152. The summed E-state index contributed by atoms with van der Waals surface area (Å²) in [6.07, 6.45) is 0. The van der Waals surface area contributed by atoms with Crippen LogP contribution in [0.1, 0.15) is 15.9 Å².